The van der Waals surface area contributed by atoms with E-state index in [1.54, 1.807) is 23.1 Å². The number of rotatable bonds is 2. The minimum atomic E-state index is -0.331. The van der Waals surface area contributed by atoms with Gasteiger partial charge in [-0.05, 0) is 18.2 Å². The van der Waals surface area contributed by atoms with Crippen molar-refractivity contribution >= 4 is 34.9 Å². The Labute approximate surface area is 121 Å². The molecule has 1 aliphatic rings. The van der Waals surface area contributed by atoms with Gasteiger partial charge in [-0.3, -0.25) is 0 Å². The number of urea groups is 1. The monoisotopic (exact) mass is 304 g/mol. The van der Waals surface area contributed by atoms with Crippen molar-refractivity contribution in [3.05, 3.63) is 28.2 Å². The van der Waals surface area contributed by atoms with Crippen molar-refractivity contribution in [1.82, 2.24) is 4.90 Å². The summed E-state index contributed by atoms with van der Waals surface area (Å²) in [7, 11) is 0. The molecule has 1 fully saturated rings. The first-order valence-electron chi connectivity index (χ1n) is 5.83. The Balaban J connectivity index is 2.00. The highest BCUT2D eigenvalue weighted by Crippen LogP contribution is 2.22. The van der Waals surface area contributed by atoms with Crippen LogP contribution >= 0.6 is 23.2 Å². The second-order valence-electron chi connectivity index (χ2n) is 4.21. The molecule has 1 saturated heterocycles. The SMILES string of the molecule is O=C(Nc1cc(Cl)cc(Cl)c1)N1CCOC(CO)C1. The highest BCUT2D eigenvalue weighted by molar-refractivity contribution is 6.35. The number of anilines is 1. The number of amides is 2. The number of morpholine rings is 1. The molecule has 2 amide bonds. The van der Waals surface area contributed by atoms with Crippen LogP contribution < -0.4 is 5.32 Å². The Hall–Kier alpha value is -1.01. The van der Waals surface area contributed by atoms with E-state index in [1.165, 1.54) is 0 Å². The zero-order valence-corrected chi connectivity index (χ0v) is 11.6. The van der Waals surface area contributed by atoms with E-state index in [1.807, 2.05) is 0 Å². The fraction of sp³-hybridized carbons (Fsp3) is 0.417. The minimum absolute atomic E-state index is 0.104. The van der Waals surface area contributed by atoms with Gasteiger partial charge in [-0.15, -0.1) is 0 Å². The van der Waals surface area contributed by atoms with Crippen molar-refractivity contribution in [2.75, 3.05) is 31.6 Å². The number of benzene rings is 1. The number of nitrogens with one attached hydrogen (secondary N) is 1. The molecule has 1 aliphatic heterocycles. The summed E-state index contributed by atoms with van der Waals surface area (Å²) in [5.41, 5.74) is 0.537. The average Bonchev–Trinajstić information content (AvgIpc) is 2.37. The van der Waals surface area contributed by atoms with Gasteiger partial charge in [-0.1, -0.05) is 23.2 Å². The molecule has 1 atom stereocenters. The number of aliphatic hydroxyl groups is 1. The van der Waals surface area contributed by atoms with Gasteiger partial charge in [-0.2, -0.15) is 0 Å². The minimum Gasteiger partial charge on any atom is -0.394 e. The number of halogens is 2. The lowest BCUT2D eigenvalue weighted by molar-refractivity contribution is -0.0388. The van der Waals surface area contributed by atoms with Crippen LogP contribution in [0.2, 0.25) is 10.0 Å². The molecule has 2 N–H and O–H groups in total. The summed E-state index contributed by atoms with van der Waals surface area (Å²) in [5.74, 6) is 0. The Kier molecular flexibility index (Phi) is 4.87. The Morgan fingerprint density at radius 3 is 2.74 bits per heavy atom. The Morgan fingerprint density at radius 2 is 2.11 bits per heavy atom. The maximum Gasteiger partial charge on any atom is 0.322 e. The Bertz CT molecular complexity index is 450. The zero-order valence-electron chi connectivity index (χ0n) is 10.1. The molecule has 19 heavy (non-hydrogen) atoms. The van der Waals surface area contributed by atoms with E-state index in [4.69, 9.17) is 33.0 Å². The maximum atomic E-state index is 12.0. The van der Waals surface area contributed by atoms with Crippen LogP contribution in [-0.4, -0.2) is 48.4 Å². The molecule has 0 aliphatic carbocycles. The van der Waals surface area contributed by atoms with Gasteiger partial charge in [0, 0.05) is 22.3 Å². The molecule has 1 unspecified atom stereocenters. The number of nitrogens with zero attached hydrogens (tertiary/aromatic N) is 1. The van der Waals surface area contributed by atoms with Gasteiger partial charge in [-0.25, -0.2) is 4.79 Å². The van der Waals surface area contributed by atoms with Crippen molar-refractivity contribution < 1.29 is 14.6 Å². The molecule has 104 valence electrons. The van der Waals surface area contributed by atoms with E-state index in [-0.39, 0.29) is 18.7 Å². The van der Waals surface area contributed by atoms with Gasteiger partial charge in [0.05, 0.1) is 25.9 Å². The highest BCUT2D eigenvalue weighted by Gasteiger charge is 2.23. The van der Waals surface area contributed by atoms with Crippen LogP contribution in [0.15, 0.2) is 18.2 Å². The highest BCUT2D eigenvalue weighted by atomic mass is 35.5. The van der Waals surface area contributed by atoms with Gasteiger partial charge >= 0.3 is 6.03 Å². The van der Waals surface area contributed by atoms with Crippen LogP contribution in [0.4, 0.5) is 10.5 Å². The van der Waals surface area contributed by atoms with E-state index in [9.17, 15) is 4.79 Å². The quantitative estimate of drug-likeness (QED) is 0.880. The molecule has 0 saturated carbocycles. The summed E-state index contributed by atoms with van der Waals surface area (Å²) >= 11 is 11.7. The van der Waals surface area contributed by atoms with Crippen LogP contribution in [0, 0.1) is 0 Å². The van der Waals surface area contributed by atoms with Crippen molar-refractivity contribution in [2.45, 2.75) is 6.10 Å². The predicted molar refractivity (Wildman–Crippen MR) is 73.9 cm³/mol. The molecule has 0 radical (unpaired) electrons. The van der Waals surface area contributed by atoms with Crippen molar-refractivity contribution in [2.24, 2.45) is 0 Å². The van der Waals surface area contributed by atoms with E-state index in [0.717, 1.165) is 0 Å². The lowest BCUT2D eigenvalue weighted by atomic mass is 10.3. The third kappa shape index (κ3) is 3.98. The van der Waals surface area contributed by atoms with E-state index < -0.39 is 0 Å². The molecule has 5 nitrogen and oxygen atoms in total. The summed E-state index contributed by atoms with van der Waals surface area (Å²) in [6.45, 7) is 1.15. The third-order valence-corrected chi connectivity index (χ3v) is 3.18. The van der Waals surface area contributed by atoms with Gasteiger partial charge in [0.2, 0.25) is 0 Å². The van der Waals surface area contributed by atoms with Crippen LogP contribution in [-0.2, 0) is 4.74 Å². The van der Waals surface area contributed by atoms with E-state index >= 15 is 0 Å². The fourth-order valence-corrected chi connectivity index (χ4v) is 2.37. The molecule has 0 aromatic heterocycles. The number of carbonyl (C=O) groups is 1. The van der Waals surface area contributed by atoms with Crippen molar-refractivity contribution in [3.8, 4) is 0 Å². The summed E-state index contributed by atoms with van der Waals surface area (Å²) in [6.07, 6.45) is -0.331. The fourth-order valence-electron chi connectivity index (χ4n) is 1.84. The number of hydrogen-bond acceptors (Lipinski definition) is 3. The predicted octanol–water partition coefficient (Wildman–Crippen LogP) is 2.22. The molecular weight excluding hydrogens is 291 g/mol. The van der Waals surface area contributed by atoms with Gasteiger partial charge in [0.25, 0.3) is 0 Å². The summed E-state index contributed by atoms with van der Waals surface area (Å²) in [4.78, 5) is 13.6. The van der Waals surface area contributed by atoms with Gasteiger partial charge < -0.3 is 20.1 Å². The van der Waals surface area contributed by atoms with Crippen molar-refractivity contribution in [3.63, 3.8) is 0 Å². The first-order chi connectivity index (χ1) is 9.08. The molecule has 2 rings (SSSR count). The Morgan fingerprint density at radius 1 is 1.42 bits per heavy atom. The van der Waals surface area contributed by atoms with Crippen LogP contribution in [0.1, 0.15) is 0 Å². The average molecular weight is 305 g/mol. The molecule has 0 spiro atoms. The smallest absolute Gasteiger partial charge is 0.322 e. The first-order valence-corrected chi connectivity index (χ1v) is 6.58. The molecule has 1 aromatic rings. The molecule has 7 heteroatoms. The molecule has 1 heterocycles. The number of carbonyl (C=O) groups excluding carboxylic acids is 1. The first kappa shape index (κ1) is 14.4. The largest absolute Gasteiger partial charge is 0.394 e. The lowest BCUT2D eigenvalue weighted by Gasteiger charge is -2.32. The standard InChI is InChI=1S/C12H14Cl2N2O3/c13-8-3-9(14)5-10(4-8)15-12(18)16-1-2-19-11(6-16)7-17/h3-5,11,17H,1-2,6-7H2,(H,15,18). The van der Waals surface area contributed by atoms with Crippen LogP contribution in [0.5, 0.6) is 0 Å². The van der Waals surface area contributed by atoms with Gasteiger partial charge in [0.15, 0.2) is 0 Å². The number of aliphatic hydroxyl groups excluding tert-OH is 1. The summed E-state index contributed by atoms with van der Waals surface area (Å²) in [5, 5.41) is 12.7. The summed E-state index contributed by atoms with van der Waals surface area (Å²) < 4.78 is 5.28. The van der Waals surface area contributed by atoms with Gasteiger partial charge in [0.1, 0.15) is 0 Å². The summed E-state index contributed by atoms with van der Waals surface area (Å²) in [6, 6.07) is 4.57. The lowest BCUT2D eigenvalue weighted by Crippen LogP contribution is -2.48. The zero-order chi connectivity index (χ0) is 13.8. The molecular formula is C12H14Cl2N2O3. The molecule has 1 aromatic carbocycles. The van der Waals surface area contributed by atoms with Crippen LogP contribution in [0.3, 0.4) is 0 Å². The van der Waals surface area contributed by atoms with Crippen LogP contribution in [0.25, 0.3) is 0 Å². The topological polar surface area (TPSA) is 61.8 Å². The second-order valence-corrected chi connectivity index (χ2v) is 5.08. The van der Waals surface area contributed by atoms with E-state index in [0.29, 0.717) is 35.4 Å². The maximum absolute atomic E-state index is 12.0. The van der Waals surface area contributed by atoms with Crippen molar-refractivity contribution in [1.29, 1.82) is 0 Å². The number of hydrogen-bond donors (Lipinski definition) is 2. The number of ether oxygens (including phenoxy) is 1. The third-order valence-electron chi connectivity index (χ3n) is 2.74. The van der Waals surface area contributed by atoms with E-state index in [2.05, 4.69) is 5.32 Å². The molecule has 0 bridgehead atoms. The second kappa shape index (κ2) is 6.43. The normalized spacial score (nSPS) is 19.3.